The highest BCUT2D eigenvalue weighted by Crippen LogP contribution is 2.02. The number of nitrogens with zero attached hydrogens (tertiary/aromatic N) is 2. The van der Waals surface area contributed by atoms with Gasteiger partial charge in [0.15, 0.2) is 11.6 Å². The molecule has 0 unspecified atom stereocenters. The molecule has 1 aliphatic heterocycles. The highest BCUT2D eigenvalue weighted by Gasteiger charge is 2.15. The number of carbonyl (C=O) groups excluding carboxylic acids is 2. The molecule has 0 atom stereocenters. The molecule has 2 aromatic heterocycles. The van der Waals surface area contributed by atoms with Crippen LogP contribution >= 0.6 is 0 Å². The Hall–Kier alpha value is -2.34. The second kappa shape index (κ2) is 15.5. The van der Waals surface area contributed by atoms with Gasteiger partial charge in [0.2, 0.25) is 0 Å². The maximum Gasteiger partial charge on any atom is 0.192 e. The van der Waals surface area contributed by atoms with E-state index < -0.39 is 0 Å². The Bertz CT molecular complexity index is 723. The van der Waals surface area contributed by atoms with E-state index in [4.69, 9.17) is 18.9 Å². The zero-order valence-electron chi connectivity index (χ0n) is 19.7. The number of Topliss-reactive ketones (excluding diaryl/α,β-unsaturated/α-hetero) is 2. The van der Waals surface area contributed by atoms with Crippen LogP contribution in [0.3, 0.4) is 0 Å². The Morgan fingerprint density at radius 2 is 0.971 bits per heavy atom. The standard InChI is InChI=1S/C24H36N4O6/c29-23(21-3-1-5-25-21)19-27-7-11-31-15-17-33-13-9-28(10-14-34-18-16-32-12-8-27)20-24(30)22-4-2-6-26-22/h1-6,25-26H,7-20H2. The van der Waals surface area contributed by atoms with Crippen LogP contribution in [-0.4, -0.2) is 123 Å². The van der Waals surface area contributed by atoms with Crippen molar-refractivity contribution in [2.45, 2.75) is 0 Å². The zero-order valence-corrected chi connectivity index (χ0v) is 19.7. The van der Waals surface area contributed by atoms with E-state index in [0.29, 0.717) is 104 Å². The summed E-state index contributed by atoms with van der Waals surface area (Å²) in [6.45, 7) is 7.00. The number of ketones is 2. The van der Waals surface area contributed by atoms with E-state index >= 15 is 0 Å². The Labute approximate surface area is 200 Å². The SMILES string of the molecule is O=C(CN1CCOCCOCCN(CC(=O)c2ccc[nH]2)CCOCCOCC1)c1ccc[nH]1. The number of aromatic amines is 2. The van der Waals surface area contributed by atoms with Crippen molar-refractivity contribution in [2.24, 2.45) is 0 Å². The molecule has 0 bridgehead atoms. The van der Waals surface area contributed by atoms with Gasteiger partial charge in [0.05, 0.1) is 77.3 Å². The molecule has 1 aliphatic rings. The van der Waals surface area contributed by atoms with E-state index in [1.807, 2.05) is 21.9 Å². The summed E-state index contributed by atoms with van der Waals surface area (Å²) in [5.74, 6) is 0.0798. The Balaban J connectivity index is 1.42. The molecule has 1 saturated heterocycles. The lowest BCUT2D eigenvalue weighted by Gasteiger charge is -2.23. The number of ether oxygens (including phenoxy) is 4. The van der Waals surface area contributed by atoms with Gasteiger partial charge in [-0.25, -0.2) is 0 Å². The second-order valence-corrected chi connectivity index (χ2v) is 8.02. The first kappa shape index (κ1) is 26.3. The van der Waals surface area contributed by atoms with E-state index in [9.17, 15) is 9.59 Å². The molecule has 10 nitrogen and oxygen atoms in total. The Kier molecular flexibility index (Phi) is 12.0. The van der Waals surface area contributed by atoms with Crippen molar-refractivity contribution in [3.05, 3.63) is 48.0 Å². The van der Waals surface area contributed by atoms with Crippen LogP contribution in [0.4, 0.5) is 0 Å². The lowest BCUT2D eigenvalue weighted by Crippen LogP contribution is -2.37. The minimum absolute atomic E-state index is 0.0399. The lowest BCUT2D eigenvalue weighted by molar-refractivity contribution is 0.00880. The van der Waals surface area contributed by atoms with Gasteiger partial charge < -0.3 is 28.9 Å². The fraction of sp³-hybridized carbons (Fsp3) is 0.583. The fourth-order valence-corrected chi connectivity index (χ4v) is 3.54. The maximum absolute atomic E-state index is 12.4. The van der Waals surface area contributed by atoms with Crippen LogP contribution < -0.4 is 0 Å². The van der Waals surface area contributed by atoms with Gasteiger partial charge in [-0.1, -0.05) is 0 Å². The number of H-pyrrole nitrogens is 2. The van der Waals surface area contributed by atoms with Gasteiger partial charge in [0, 0.05) is 38.6 Å². The predicted octanol–water partition coefficient (Wildman–Crippen LogP) is 1.09. The summed E-state index contributed by atoms with van der Waals surface area (Å²) < 4.78 is 22.8. The third kappa shape index (κ3) is 9.88. The third-order valence-electron chi connectivity index (χ3n) is 5.48. The molecule has 3 heterocycles. The summed E-state index contributed by atoms with van der Waals surface area (Å²) >= 11 is 0. The average Bonchev–Trinajstić information content (AvgIpc) is 3.56. The summed E-state index contributed by atoms with van der Waals surface area (Å²) in [7, 11) is 0. The molecule has 0 aromatic carbocycles. The molecule has 2 N–H and O–H groups in total. The van der Waals surface area contributed by atoms with Crippen LogP contribution in [0.5, 0.6) is 0 Å². The molecule has 10 heteroatoms. The molecular weight excluding hydrogens is 440 g/mol. The van der Waals surface area contributed by atoms with Crippen LogP contribution in [-0.2, 0) is 18.9 Å². The predicted molar refractivity (Wildman–Crippen MR) is 126 cm³/mol. The first-order valence-electron chi connectivity index (χ1n) is 11.8. The van der Waals surface area contributed by atoms with Crippen molar-refractivity contribution >= 4 is 11.6 Å². The molecule has 34 heavy (non-hydrogen) atoms. The Morgan fingerprint density at radius 3 is 1.26 bits per heavy atom. The van der Waals surface area contributed by atoms with E-state index in [-0.39, 0.29) is 11.6 Å². The topological polar surface area (TPSA) is 109 Å². The van der Waals surface area contributed by atoms with Gasteiger partial charge in [-0.3, -0.25) is 19.4 Å². The van der Waals surface area contributed by atoms with E-state index in [1.165, 1.54) is 0 Å². The minimum Gasteiger partial charge on any atom is -0.378 e. The molecule has 2 aromatic rings. The molecule has 0 amide bonds. The normalized spacial score (nSPS) is 19.3. The number of rotatable bonds is 6. The van der Waals surface area contributed by atoms with Gasteiger partial charge in [-0.15, -0.1) is 0 Å². The molecular formula is C24H36N4O6. The molecule has 0 radical (unpaired) electrons. The molecule has 0 saturated carbocycles. The number of nitrogens with one attached hydrogen (secondary N) is 2. The minimum atomic E-state index is 0.0399. The third-order valence-corrected chi connectivity index (χ3v) is 5.48. The van der Waals surface area contributed by atoms with Crippen molar-refractivity contribution in [2.75, 3.05) is 92.1 Å². The fourth-order valence-electron chi connectivity index (χ4n) is 3.54. The number of hydrogen-bond donors (Lipinski definition) is 2. The van der Waals surface area contributed by atoms with Crippen molar-refractivity contribution in [1.29, 1.82) is 0 Å². The summed E-state index contributed by atoms with van der Waals surface area (Å²) in [5.41, 5.74) is 1.21. The first-order valence-corrected chi connectivity index (χ1v) is 11.8. The number of carbonyl (C=O) groups is 2. The quantitative estimate of drug-likeness (QED) is 0.597. The molecule has 3 rings (SSSR count). The summed E-state index contributed by atoms with van der Waals surface area (Å²) in [4.78, 5) is 34.9. The van der Waals surface area contributed by atoms with Crippen molar-refractivity contribution in [3.63, 3.8) is 0 Å². The van der Waals surface area contributed by atoms with Crippen LogP contribution in [0.25, 0.3) is 0 Å². The largest absolute Gasteiger partial charge is 0.378 e. The second-order valence-electron chi connectivity index (χ2n) is 8.02. The van der Waals surface area contributed by atoms with Crippen molar-refractivity contribution < 1.29 is 28.5 Å². The average molecular weight is 477 g/mol. The molecule has 1 fully saturated rings. The van der Waals surface area contributed by atoms with Gasteiger partial charge in [-0.05, 0) is 24.3 Å². The van der Waals surface area contributed by atoms with Gasteiger partial charge in [0.25, 0.3) is 0 Å². The van der Waals surface area contributed by atoms with Crippen LogP contribution in [0.1, 0.15) is 21.0 Å². The van der Waals surface area contributed by atoms with Gasteiger partial charge >= 0.3 is 0 Å². The summed E-state index contributed by atoms with van der Waals surface area (Å²) in [6, 6.07) is 7.20. The maximum atomic E-state index is 12.4. The van der Waals surface area contributed by atoms with Crippen LogP contribution in [0.2, 0.25) is 0 Å². The van der Waals surface area contributed by atoms with Gasteiger partial charge in [0.1, 0.15) is 0 Å². The van der Waals surface area contributed by atoms with E-state index in [2.05, 4.69) is 9.97 Å². The van der Waals surface area contributed by atoms with E-state index in [1.54, 1.807) is 24.5 Å². The number of aromatic nitrogens is 2. The van der Waals surface area contributed by atoms with E-state index in [0.717, 1.165) is 0 Å². The first-order chi connectivity index (χ1) is 16.7. The molecule has 0 spiro atoms. The molecule has 0 aliphatic carbocycles. The van der Waals surface area contributed by atoms with Crippen LogP contribution in [0, 0.1) is 0 Å². The smallest absolute Gasteiger partial charge is 0.192 e. The highest BCUT2D eigenvalue weighted by atomic mass is 16.5. The summed E-state index contributed by atoms with van der Waals surface area (Å²) in [6.07, 6.45) is 3.50. The monoisotopic (exact) mass is 476 g/mol. The Morgan fingerprint density at radius 1 is 0.618 bits per heavy atom. The highest BCUT2D eigenvalue weighted by molar-refractivity contribution is 5.96. The summed E-state index contributed by atoms with van der Waals surface area (Å²) in [5, 5.41) is 0. The van der Waals surface area contributed by atoms with Crippen molar-refractivity contribution in [3.8, 4) is 0 Å². The van der Waals surface area contributed by atoms with Crippen LogP contribution in [0.15, 0.2) is 36.7 Å². The van der Waals surface area contributed by atoms with Crippen molar-refractivity contribution in [1.82, 2.24) is 19.8 Å². The zero-order chi connectivity index (χ0) is 23.8. The van der Waals surface area contributed by atoms with Gasteiger partial charge in [-0.2, -0.15) is 0 Å². The molecule has 188 valence electrons. The lowest BCUT2D eigenvalue weighted by atomic mass is 10.2. The number of hydrogen-bond acceptors (Lipinski definition) is 8.